The molecule has 1 aromatic carbocycles. The van der Waals surface area contributed by atoms with E-state index in [4.69, 9.17) is 4.74 Å². The van der Waals surface area contributed by atoms with Gasteiger partial charge in [-0.05, 0) is 38.8 Å². The van der Waals surface area contributed by atoms with Gasteiger partial charge in [-0.15, -0.1) is 0 Å². The van der Waals surface area contributed by atoms with Crippen LogP contribution in [0.1, 0.15) is 38.4 Å². The van der Waals surface area contributed by atoms with Crippen molar-refractivity contribution >= 4 is 5.91 Å². The van der Waals surface area contributed by atoms with Crippen LogP contribution in [0.25, 0.3) is 0 Å². The van der Waals surface area contributed by atoms with E-state index in [2.05, 4.69) is 0 Å². The first-order chi connectivity index (χ1) is 9.52. The van der Waals surface area contributed by atoms with Gasteiger partial charge in [0.05, 0.1) is 6.10 Å². The summed E-state index contributed by atoms with van der Waals surface area (Å²) >= 11 is 0. The van der Waals surface area contributed by atoms with E-state index in [1.807, 2.05) is 6.92 Å². The molecule has 1 N–H and O–H groups in total. The Bertz CT molecular complexity index is 486. The molecule has 1 fully saturated rings. The van der Waals surface area contributed by atoms with Crippen LogP contribution in [-0.4, -0.2) is 35.1 Å². The lowest BCUT2D eigenvalue weighted by Crippen LogP contribution is -2.36. The van der Waals surface area contributed by atoms with Gasteiger partial charge in [-0.25, -0.2) is 4.39 Å². The highest BCUT2D eigenvalue weighted by molar-refractivity contribution is 5.78. The molecular weight excluding hydrogens is 261 g/mol. The zero-order chi connectivity index (χ0) is 14.7. The van der Waals surface area contributed by atoms with Gasteiger partial charge in [-0.1, -0.05) is 0 Å². The molecule has 1 aromatic rings. The second-order valence-electron chi connectivity index (χ2n) is 5.06. The van der Waals surface area contributed by atoms with Gasteiger partial charge in [-0.3, -0.25) is 4.79 Å². The van der Waals surface area contributed by atoms with E-state index in [1.165, 1.54) is 18.2 Å². The summed E-state index contributed by atoms with van der Waals surface area (Å²) in [7, 11) is 0. The number of carbonyl (C=O) groups excluding carboxylic acids is 1. The van der Waals surface area contributed by atoms with Gasteiger partial charge in [0.2, 0.25) is 0 Å². The molecule has 0 bridgehead atoms. The summed E-state index contributed by atoms with van der Waals surface area (Å²) in [5.74, 6) is -0.331. The van der Waals surface area contributed by atoms with Crippen molar-refractivity contribution in [1.29, 1.82) is 0 Å². The van der Waals surface area contributed by atoms with E-state index >= 15 is 0 Å². The lowest BCUT2D eigenvalue weighted by molar-refractivity contribution is -0.133. The number of ether oxygens (including phenoxy) is 1. The lowest BCUT2D eigenvalue weighted by atomic mass is 10.1. The highest BCUT2D eigenvalue weighted by Crippen LogP contribution is 2.28. The highest BCUT2D eigenvalue weighted by atomic mass is 19.1. The molecule has 1 atom stereocenters. The Kier molecular flexibility index (Phi) is 4.60. The van der Waals surface area contributed by atoms with Gasteiger partial charge < -0.3 is 14.7 Å². The Labute approximate surface area is 118 Å². The molecule has 1 amide bonds. The normalized spacial score (nSPS) is 15.8. The van der Waals surface area contributed by atoms with Gasteiger partial charge in [0.25, 0.3) is 5.91 Å². The quantitative estimate of drug-likeness (QED) is 0.870. The fraction of sp³-hybridized carbons (Fsp3) is 0.533. The minimum absolute atomic E-state index is 0.101. The van der Waals surface area contributed by atoms with Crippen LogP contribution in [-0.2, 0) is 4.79 Å². The minimum atomic E-state index is -0.772. The molecular formula is C15H20FNO3. The van der Waals surface area contributed by atoms with Gasteiger partial charge in [-0.2, -0.15) is 0 Å². The summed E-state index contributed by atoms with van der Waals surface area (Å²) in [6.07, 6.45) is 1.31. The molecule has 110 valence electrons. The van der Waals surface area contributed by atoms with Gasteiger partial charge >= 0.3 is 0 Å². The van der Waals surface area contributed by atoms with E-state index in [9.17, 15) is 14.3 Å². The first kappa shape index (κ1) is 14.8. The zero-order valence-electron chi connectivity index (χ0n) is 11.8. The van der Waals surface area contributed by atoms with Crippen molar-refractivity contribution in [2.24, 2.45) is 0 Å². The average molecular weight is 281 g/mol. The number of rotatable bonds is 6. The second kappa shape index (κ2) is 6.22. The van der Waals surface area contributed by atoms with Crippen LogP contribution >= 0.6 is 0 Å². The van der Waals surface area contributed by atoms with Crippen molar-refractivity contribution in [2.45, 2.75) is 38.8 Å². The maximum absolute atomic E-state index is 13.2. The minimum Gasteiger partial charge on any atom is -0.483 e. The predicted molar refractivity (Wildman–Crippen MR) is 72.9 cm³/mol. The first-order valence-corrected chi connectivity index (χ1v) is 6.92. The predicted octanol–water partition coefficient (Wildman–Crippen LogP) is 2.27. The second-order valence-corrected chi connectivity index (χ2v) is 5.06. The highest BCUT2D eigenvalue weighted by Gasteiger charge is 2.31. The Morgan fingerprint density at radius 1 is 1.55 bits per heavy atom. The number of carbonyl (C=O) groups is 1. The zero-order valence-corrected chi connectivity index (χ0v) is 11.8. The van der Waals surface area contributed by atoms with Crippen LogP contribution < -0.4 is 4.74 Å². The molecule has 1 aliphatic rings. The molecule has 2 rings (SSSR count). The monoisotopic (exact) mass is 281 g/mol. The summed E-state index contributed by atoms with van der Waals surface area (Å²) in [6.45, 7) is 4.02. The molecule has 1 saturated carbocycles. The number of benzene rings is 1. The largest absolute Gasteiger partial charge is 0.483 e. The molecule has 4 nitrogen and oxygen atoms in total. The van der Waals surface area contributed by atoms with Crippen molar-refractivity contribution in [3.8, 4) is 5.75 Å². The van der Waals surface area contributed by atoms with Crippen LogP contribution in [0, 0.1) is 5.82 Å². The molecule has 0 aliphatic heterocycles. The average Bonchev–Trinajstić information content (AvgIpc) is 3.21. The number of likely N-dealkylation sites (N-methyl/N-ethyl adjacent to an activating group) is 1. The Morgan fingerprint density at radius 3 is 2.80 bits per heavy atom. The Hall–Kier alpha value is -1.62. The van der Waals surface area contributed by atoms with Gasteiger partial charge in [0.1, 0.15) is 11.6 Å². The number of halogens is 1. The summed E-state index contributed by atoms with van der Waals surface area (Å²) < 4.78 is 18.7. The molecule has 1 unspecified atom stereocenters. The summed E-state index contributed by atoms with van der Waals surface area (Å²) in [6, 6.07) is 4.26. The van der Waals surface area contributed by atoms with Crippen molar-refractivity contribution in [2.75, 3.05) is 13.2 Å². The van der Waals surface area contributed by atoms with Gasteiger partial charge in [0, 0.05) is 24.2 Å². The third-order valence-corrected chi connectivity index (χ3v) is 3.43. The first-order valence-electron chi connectivity index (χ1n) is 6.92. The fourth-order valence-electron chi connectivity index (χ4n) is 2.23. The van der Waals surface area contributed by atoms with E-state index in [-0.39, 0.29) is 18.3 Å². The molecule has 5 heteroatoms. The number of aliphatic hydroxyl groups is 1. The van der Waals surface area contributed by atoms with Crippen molar-refractivity contribution < 1.29 is 19.0 Å². The van der Waals surface area contributed by atoms with E-state index < -0.39 is 11.9 Å². The molecule has 0 saturated heterocycles. The van der Waals surface area contributed by atoms with Crippen molar-refractivity contribution in [3.05, 3.63) is 29.6 Å². The van der Waals surface area contributed by atoms with E-state index in [0.717, 1.165) is 12.8 Å². The number of hydrogen-bond acceptors (Lipinski definition) is 3. The van der Waals surface area contributed by atoms with Crippen molar-refractivity contribution in [3.63, 3.8) is 0 Å². The summed E-state index contributed by atoms with van der Waals surface area (Å²) in [5, 5.41) is 9.62. The Balaban J connectivity index is 2.02. The molecule has 0 heterocycles. The molecule has 20 heavy (non-hydrogen) atoms. The van der Waals surface area contributed by atoms with Gasteiger partial charge in [0.15, 0.2) is 6.61 Å². The molecule has 1 aliphatic carbocycles. The standard InChI is InChI=1S/C15H20FNO3/c1-3-17(12-5-6-12)15(19)9-20-14-8-11(16)4-7-13(14)10(2)18/h4,7-8,10,12,18H,3,5-6,9H2,1-2H3. The van der Waals surface area contributed by atoms with Crippen LogP contribution in [0.15, 0.2) is 18.2 Å². The fourth-order valence-corrected chi connectivity index (χ4v) is 2.23. The topological polar surface area (TPSA) is 49.8 Å². The number of amides is 1. The summed E-state index contributed by atoms with van der Waals surface area (Å²) in [4.78, 5) is 13.8. The maximum atomic E-state index is 13.2. The molecule has 0 aromatic heterocycles. The van der Waals surface area contributed by atoms with Crippen LogP contribution in [0.3, 0.4) is 0 Å². The Morgan fingerprint density at radius 2 is 2.25 bits per heavy atom. The number of hydrogen-bond donors (Lipinski definition) is 1. The third-order valence-electron chi connectivity index (χ3n) is 3.43. The molecule has 0 spiro atoms. The summed E-state index contributed by atoms with van der Waals surface area (Å²) in [5.41, 5.74) is 0.480. The van der Waals surface area contributed by atoms with E-state index in [1.54, 1.807) is 11.8 Å². The third kappa shape index (κ3) is 3.48. The van der Waals surface area contributed by atoms with Crippen LogP contribution in [0.5, 0.6) is 5.75 Å². The SMILES string of the molecule is CCN(C(=O)COc1cc(F)ccc1C(C)O)C1CC1. The maximum Gasteiger partial charge on any atom is 0.260 e. The number of nitrogens with zero attached hydrogens (tertiary/aromatic N) is 1. The lowest BCUT2D eigenvalue weighted by Gasteiger charge is -2.21. The number of aliphatic hydroxyl groups excluding tert-OH is 1. The smallest absolute Gasteiger partial charge is 0.260 e. The molecule has 0 radical (unpaired) electrons. The van der Waals surface area contributed by atoms with Crippen molar-refractivity contribution in [1.82, 2.24) is 4.90 Å². The van der Waals surface area contributed by atoms with E-state index in [0.29, 0.717) is 18.2 Å². The van der Waals surface area contributed by atoms with Crippen LogP contribution in [0.4, 0.5) is 4.39 Å². The van der Waals surface area contributed by atoms with Crippen LogP contribution in [0.2, 0.25) is 0 Å².